The molecule has 0 aromatic carbocycles. The van der Waals surface area contributed by atoms with Crippen molar-refractivity contribution in [3.63, 3.8) is 0 Å². The van der Waals surface area contributed by atoms with Crippen molar-refractivity contribution in [3.05, 3.63) is 0 Å². The Labute approximate surface area is 111 Å². The van der Waals surface area contributed by atoms with E-state index in [4.69, 9.17) is 5.73 Å². The Morgan fingerprint density at radius 1 is 1.24 bits per heavy atom. The standard InChI is InChI=1S/C11H20N4S2/c12-7-8-16-11-15-14-10(17-11)13-9-5-3-1-2-4-6-9/h9H,1-8,12H2,(H,13,14). The molecule has 1 saturated carbocycles. The second-order valence-corrected chi connectivity index (χ2v) is 6.66. The highest BCUT2D eigenvalue weighted by Crippen LogP contribution is 2.27. The van der Waals surface area contributed by atoms with Crippen LogP contribution < -0.4 is 11.1 Å². The lowest BCUT2D eigenvalue weighted by molar-refractivity contribution is 0.618. The van der Waals surface area contributed by atoms with Crippen LogP contribution in [0.25, 0.3) is 0 Å². The van der Waals surface area contributed by atoms with Gasteiger partial charge in [-0.3, -0.25) is 0 Å². The normalized spacial score (nSPS) is 17.9. The van der Waals surface area contributed by atoms with Gasteiger partial charge in [-0.1, -0.05) is 48.8 Å². The molecule has 1 fully saturated rings. The summed E-state index contributed by atoms with van der Waals surface area (Å²) in [6, 6.07) is 0.595. The summed E-state index contributed by atoms with van der Waals surface area (Å²) in [6.45, 7) is 0.690. The molecule has 4 nitrogen and oxygen atoms in total. The van der Waals surface area contributed by atoms with Gasteiger partial charge in [0.2, 0.25) is 5.13 Å². The van der Waals surface area contributed by atoms with Gasteiger partial charge in [0, 0.05) is 18.3 Å². The SMILES string of the molecule is NCCSc1nnc(NC2CCCCCC2)s1. The zero-order chi connectivity index (χ0) is 11.9. The summed E-state index contributed by atoms with van der Waals surface area (Å²) in [6.07, 6.45) is 7.98. The van der Waals surface area contributed by atoms with Crippen LogP contribution >= 0.6 is 23.1 Å². The topological polar surface area (TPSA) is 63.8 Å². The maximum Gasteiger partial charge on any atom is 0.206 e. The summed E-state index contributed by atoms with van der Waals surface area (Å²) in [4.78, 5) is 0. The molecule has 0 radical (unpaired) electrons. The molecular formula is C11H20N4S2. The number of hydrogen-bond acceptors (Lipinski definition) is 6. The molecule has 0 spiro atoms. The lowest BCUT2D eigenvalue weighted by atomic mass is 10.1. The molecule has 96 valence electrons. The third-order valence-electron chi connectivity index (χ3n) is 2.93. The second-order valence-electron chi connectivity index (χ2n) is 4.34. The number of nitrogens with two attached hydrogens (primary N) is 1. The Bertz CT molecular complexity index is 321. The van der Waals surface area contributed by atoms with Crippen LogP contribution in [0.4, 0.5) is 5.13 Å². The highest BCUT2D eigenvalue weighted by atomic mass is 32.2. The van der Waals surface area contributed by atoms with Crippen LogP contribution in [0.1, 0.15) is 38.5 Å². The Morgan fingerprint density at radius 3 is 2.71 bits per heavy atom. The van der Waals surface area contributed by atoms with E-state index in [1.165, 1.54) is 38.5 Å². The molecule has 0 amide bonds. The first-order chi connectivity index (χ1) is 8.38. The van der Waals surface area contributed by atoms with Gasteiger partial charge in [0.15, 0.2) is 4.34 Å². The monoisotopic (exact) mass is 272 g/mol. The molecule has 0 aliphatic heterocycles. The van der Waals surface area contributed by atoms with Gasteiger partial charge >= 0.3 is 0 Å². The fraction of sp³-hybridized carbons (Fsp3) is 0.818. The van der Waals surface area contributed by atoms with E-state index in [2.05, 4.69) is 15.5 Å². The van der Waals surface area contributed by atoms with E-state index in [0.717, 1.165) is 15.2 Å². The third kappa shape index (κ3) is 4.44. The number of nitrogens with one attached hydrogen (secondary N) is 1. The fourth-order valence-electron chi connectivity index (χ4n) is 2.07. The molecule has 2 rings (SSSR count). The van der Waals surface area contributed by atoms with Crippen molar-refractivity contribution >= 4 is 28.2 Å². The minimum absolute atomic E-state index is 0.595. The predicted octanol–water partition coefficient (Wildman–Crippen LogP) is 2.72. The van der Waals surface area contributed by atoms with Crippen LogP contribution in [0.5, 0.6) is 0 Å². The number of hydrogen-bond donors (Lipinski definition) is 2. The molecule has 1 aliphatic rings. The highest BCUT2D eigenvalue weighted by Gasteiger charge is 2.14. The van der Waals surface area contributed by atoms with Crippen molar-refractivity contribution in [2.45, 2.75) is 48.9 Å². The smallest absolute Gasteiger partial charge is 0.206 e. The first-order valence-electron chi connectivity index (χ1n) is 6.31. The van der Waals surface area contributed by atoms with Gasteiger partial charge in [0.1, 0.15) is 0 Å². The molecular weight excluding hydrogens is 252 g/mol. The molecule has 1 aromatic heterocycles. The van der Waals surface area contributed by atoms with Gasteiger partial charge in [-0.25, -0.2) is 0 Å². The molecule has 0 saturated heterocycles. The second kappa shape index (κ2) is 7.18. The summed E-state index contributed by atoms with van der Waals surface area (Å²) < 4.78 is 1.02. The van der Waals surface area contributed by atoms with Crippen LogP contribution in [-0.4, -0.2) is 28.5 Å². The highest BCUT2D eigenvalue weighted by molar-refractivity contribution is 8.01. The third-order valence-corrected chi connectivity index (χ3v) is 4.95. The maximum absolute atomic E-state index is 5.47. The first-order valence-corrected chi connectivity index (χ1v) is 8.11. The van der Waals surface area contributed by atoms with Crippen molar-refractivity contribution in [1.82, 2.24) is 10.2 Å². The summed E-state index contributed by atoms with van der Waals surface area (Å²) in [5, 5.41) is 12.8. The summed E-state index contributed by atoms with van der Waals surface area (Å²) >= 11 is 3.33. The van der Waals surface area contributed by atoms with Crippen LogP contribution in [0, 0.1) is 0 Å². The van der Waals surface area contributed by atoms with Gasteiger partial charge in [0.05, 0.1) is 0 Å². The molecule has 1 aliphatic carbocycles. The Hall–Kier alpha value is -0.330. The van der Waals surface area contributed by atoms with E-state index in [1.54, 1.807) is 23.1 Å². The average Bonchev–Trinajstić information content (AvgIpc) is 2.61. The lowest BCUT2D eigenvalue weighted by Gasteiger charge is -2.14. The molecule has 1 aromatic rings. The maximum atomic E-state index is 5.47. The van der Waals surface area contributed by atoms with E-state index in [0.29, 0.717) is 12.6 Å². The van der Waals surface area contributed by atoms with E-state index >= 15 is 0 Å². The number of anilines is 1. The Kier molecular flexibility index (Phi) is 5.54. The van der Waals surface area contributed by atoms with Crippen molar-refractivity contribution in [1.29, 1.82) is 0 Å². The molecule has 0 unspecified atom stereocenters. The van der Waals surface area contributed by atoms with Gasteiger partial charge in [-0.15, -0.1) is 10.2 Å². The Balaban J connectivity index is 1.82. The van der Waals surface area contributed by atoms with Crippen molar-refractivity contribution < 1.29 is 0 Å². The first kappa shape index (κ1) is 13.1. The van der Waals surface area contributed by atoms with E-state index in [1.807, 2.05) is 0 Å². The minimum Gasteiger partial charge on any atom is -0.357 e. The van der Waals surface area contributed by atoms with Crippen molar-refractivity contribution in [3.8, 4) is 0 Å². The number of nitrogens with zero attached hydrogens (tertiary/aromatic N) is 2. The molecule has 17 heavy (non-hydrogen) atoms. The van der Waals surface area contributed by atoms with Crippen molar-refractivity contribution in [2.75, 3.05) is 17.6 Å². The minimum atomic E-state index is 0.595. The summed E-state index contributed by atoms with van der Waals surface area (Å²) in [5.41, 5.74) is 5.47. The number of aromatic nitrogens is 2. The zero-order valence-electron chi connectivity index (χ0n) is 10.0. The summed E-state index contributed by atoms with van der Waals surface area (Å²) in [5.74, 6) is 0.915. The van der Waals surface area contributed by atoms with Crippen LogP contribution in [0.15, 0.2) is 4.34 Å². The molecule has 6 heteroatoms. The van der Waals surface area contributed by atoms with E-state index < -0.39 is 0 Å². The Morgan fingerprint density at radius 2 is 2.00 bits per heavy atom. The van der Waals surface area contributed by atoms with E-state index in [9.17, 15) is 0 Å². The largest absolute Gasteiger partial charge is 0.357 e. The number of thioether (sulfide) groups is 1. The van der Waals surface area contributed by atoms with Gasteiger partial charge < -0.3 is 11.1 Å². The lowest BCUT2D eigenvalue weighted by Crippen LogP contribution is -2.17. The van der Waals surface area contributed by atoms with Crippen LogP contribution in [-0.2, 0) is 0 Å². The van der Waals surface area contributed by atoms with Crippen LogP contribution in [0.2, 0.25) is 0 Å². The zero-order valence-corrected chi connectivity index (χ0v) is 11.7. The van der Waals surface area contributed by atoms with Crippen molar-refractivity contribution in [2.24, 2.45) is 5.73 Å². The van der Waals surface area contributed by atoms with Crippen LogP contribution in [0.3, 0.4) is 0 Å². The van der Waals surface area contributed by atoms with E-state index in [-0.39, 0.29) is 0 Å². The molecule has 0 bridgehead atoms. The van der Waals surface area contributed by atoms with Gasteiger partial charge in [-0.2, -0.15) is 0 Å². The molecule has 1 heterocycles. The van der Waals surface area contributed by atoms with Gasteiger partial charge in [0.25, 0.3) is 0 Å². The quantitative estimate of drug-likeness (QED) is 0.637. The average molecular weight is 272 g/mol. The fourth-order valence-corrected chi connectivity index (χ4v) is 3.74. The summed E-state index contributed by atoms with van der Waals surface area (Å²) in [7, 11) is 0. The number of rotatable bonds is 5. The predicted molar refractivity (Wildman–Crippen MR) is 74.8 cm³/mol. The molecule has 3 N–H and O–H groups in total. The molecule has 0 atom stereocenters. The van der Waals surface area contributed by atoms with Gasteiger partial charge in [-0.05, 0) is 12.8 Å².